The molecule has 2 unspecified atom stereocenters. The summed E-state index contributed by atoms with van der Waals surface area (Å²) in [5, 5.41) is 0. The van der Waals surface area contributed by atoms with Crippen LogP contribution >= 0.6 is 0 Å². The molecule has 2 N–H and O–H groups in total. The maximum atomic E-state index is 6.06. The summed E-state index contributed by atoms with van der Waals surface area (Å²) in [6, 6.07) is 0. The van der Waals surface area contributed by atoms with Gasteiger partial charge in [-0.05, 0) is 47.8 Å². The smallest absolute Gasteiger partial charge is 0.0568 e. The first-order valence-corrected chi connectivity index (χ1v) is 6.61. The van der Waals surface area contributed by atoms with Crippen LogP contribution in [0.25, 0.3) is 0 Å². The van der Waals surface area contributed by atoms with Crippen LogP contribution in [0.2, 0.25) is 0 Å². The van der Waals surface area contributed by atoms with Gasteiger partial charge in [-0.3, -0.25) is 4.90 Å². The van der Waals surface area contributed by atoms with E-state index in [2.05, 4.69) is 44.8 Å². The van der Waals surface area contributed by atoms with Gasteiger partial charge < -0.3 is 15.4 Å². The molecule has 1 saturated heterocycles. The molecule has 0 aromatic heterocycles. The van der Waals surface area contributed by atoms with E-state index in [1.54, 1.807) is 0 Å². The van der Waals surface area contributed by atoms with E-state index >= 15 is 0 Å². The van der Waals surface area contributed by atoms with Crippen LogP contribution in [0, 0.1) is 0 Å². The van der Waals surface area contributed by atoms with Crippen molar-refractivity contribution in [3.63, 3.8) is 0 Å². The van der Waals surface area contributed by atoms with Gasteiger partial charge in [0.15, 0.2) is 0 Å². The molecule has 0 bridgehead atoms. The molecule has 1 aliphatic heterocycles. The zero-order valence-electron chi connectivity index (χ0n) is 12.1. The van der Waals surface area contributed by atoms with Crippen LogP contribution in [0.5, 0.6) is 0 Å². The van der Waals surface area contributed by atoms with Crippen molar-refractivity contribution in [2.75, 3.05) is 40.8 Å². The van der Waals surface area contributed by atoms with Crippen molar-refractivity contribution in [1.29, 1.82) is 0 Å². The topological polar surface area (TPSA) is 41.7 Å². The number of hydrogen-bond donors (Lipinski definition) is 1. The molecule has 17 heavy (non-hydrogen) atoms. The molecule has 1 heterocycles. The second-order valence-corrected chi connectivity index (χ2v) is 5.82. The van der Waals surface area contributed by atoms with Crippen LogP contribution in [-0.2, 0) is 4.74 Å². The third kappa shape index (κ3) is 3.91. The van der Waals surface area contributed by atoms with Crippen molar-refractivity contribution in [2.45, 2.75) is 44.4 Å². The quantitative estimate of drug-likeness (QED) is 0.774. The van der Waals surface area contributed by atoms with E-state index in [1.165, 1.54) is 0 Å². The van der Waals surface area contributed by atoms with Gasteiger partial charge in [-0.25, -0.2) is 0 Å². The lowest BCUT2D eigenvalue weighted by atomic mass is 9.82. The highest BCUT2D eigenvalue weighted by Crippen LogP contribution is 2.32. The number of nitrogens with two attached hydrogens (primary N) is 1. The van der Waals surface area contributed by atoms with Gasteiger partial charge in [0.1, 0.15) is 0 Å². The van der Waals surface area contributed by atoms with Crippen molar-refractivity contribution in [3.05, 3.63) is 0 Å². The molecule has 0 aromatic carbocycles. The Labute approximate surface area is 106 Å². The lowest BCUT2D eigenvalue weighted by Gasteiger charge is -2.48. The number of likely N-dealkylation sites (N-methyl/N-ethyl adjacent to an activating group) is 2. The molecule has 4 nitrogen and oxygen atoms in total. The Balaban J connectivity index is 2.65. The summed E-state index contributed by atoms with van der Waals surface area (Å²) < 4.78 is 5.83. The lowest BCUT2D eigenvalue weighted by molar-refractivity contribution is -0.0979. The van der Waals surface area contributed by atoms with Crippen LogP contribution in [0.4, 0.5) is 0 Å². The normalized spacial score (nSPS) is 34.6. The summed E-state index contributed by atoms with van der Waals surface area (Å²) in [6.07, 6.45) is 2.70. The Morgan fingerprint density at radius 3 is 2.06 bits per heavy atom. The largest absolute Gasteiger partial charge is 0.375 e. The van der Waals surface area contributed by atoms with E-state index in [4.69, 9.17) is 10.5 Å². The summed E-state index contributed by atoms with van der Waals surface area (Å²) in [7, 11) is 6.41. The minimum absolute atomic E-state index is 0.118. The summed E-state index contributed by atoms with van der Waals surface area (Å²) in [6.45, 7) is 7.15. The zero-order valence-corrected chi connectivity index (χ0v) is 12.1. The third-order valence-electron chi connectivity index (χ3n) is 3.87. The molecule has 0 spiro atoms. The fourth-order valence-corrected chi connectivity index (χ4v) is 2.87. The molecular weight excluding hydrogens is 214 g/mol. The third-order valence-corrected chi connectivity index (χ3v) is 3.87. The molecule has 0 aromatic rings. The Morgan fingerprint density at radius 2 is 1.65 bits per heavy atom. The minimum Gasteiger partial charge on any atom is -0.375 e. The van der Waals surface area contributed by atoms with Crippen LogP contribution in [0.3, 0.4) is 0 Å². The summed E-state index contributed by atoms with van der Waals surface area (Å²) >= 11 is 0. The maximum Gasteiger partial charge on any atom is 0.0568 e. The molecule has 1 aliphatic rings. The zero-order chi connectivity index (χ0) is 13.1. The number of hydrogen-bond acceptors (Lipinski definition) is 4. The van der Waals surface area contributed by atoms with Crippen molar-refractivity contribution >= 4 is 0 Å². The van der Waals surface area contributed by atoms with E-state index in [0.29, 0.717) is 12.2 Å². The standard InChI is InChI=1S/C13H29N3O/c1-11-8-13(10-14,9-12(2)17-11)16(5)7-6-15(3)4/h11-12H,6-10,14H2,1-5H3. The molecule has 0 radical (unpaired) electrons. The summed E-state index contributed by atoms with van der Waals surface area (Å²) in [4.78, 5) is 4.65. The van der Waals surface area contributed by atoms with Gasteiger partial charge in [0.2, 0.25) is 0 Å². The van der Waals surface area contributed by atoms with Gasteiger partial charge in [0, 0.05) is 25.2 Å². The van der Waals surface area contributed by atoms with Crippen LogP contribution in [-0.4, -0.2) is 68.3 Å². The van der Waals surface area contributed by atoms with Crippen LogP contribution < -0.4 is 5.73 Å². The van der Waals surface area contributed by atoms with E-state index in [-0.39, 0.29) is 5.54 Å². The van der Waals surface area contributed by atoms with Gasteiger partial charge >= 0.3 is 0 Å². The fourth-order valence-electron chi connectivity index (χ4n) is 2.87. The first kappa shape index (κ1) is 14.9. The first-order valence-electron chi connectivity index (χ1n) is 6.61. The van der Waals surface area contributed by atoms with Gasteiger partial charge in [0.25, 0.3) is 0 Å². The van der Waals surface area contributed by atoms with Crippen molar-refractivity contribution in [2.24, 2.45) is 5.73 Å². The Bertz CT molecular complexity index is 223. The summed E-state index contributed by atoms with van der Waals surface area (Å²) in [5.41, 5.74) is 6.18. The molecule has 102 valence electrons. The lowest BCUT2D eigenvalue weighted by Crippen LogP contribution is -2.59. The second-order valence-electron chi connectivity index (χ2n) is 5.82. The first-order chi connectivity index (χ1) is 7.89. The Kier molecular flexibility index (Phi) is 5.38. The highest BCUT2D eigenvalue weighted by Gasteiger charge is 2.40. The van der Waals surface area contributed by atoms with E-state index in [9.17, 15) is 0 Å². The molecule has 4 heteroatoms. The molecule has 1 fully saturated rings. The van der Waals surface area contributed by atoms with E-state index in [1.807, 2.05) is 0 Å². The SMILES string of the molecule is CC1CC(CN)(N(C)CCN(C)C)CC(C)O1. The van der Waals surface area contributed by atoms with Gasteiger partial charge in [0.05, 0.1) is 12.2 Å². The fraction of sp³-hybridized carbons (Fsp3) is 1.00. The average Bonchev–Trinajstić information content (AvgIpc) is 2.24. The van der Waals surface area contributed by atoms with Gasteiger partial charge in [-0.15, -0.1) is 0 Å². The highest BCUT2D eigenvalue weighted by molar-refractivity contribution is 4.96. The molecule has 1 rings (SSSR count). The van der Waals surface area contributed by atoms with Crippen LogP contribution in [0.15, 0.2) is 0 Å². The summed E-state index contributed by atoms with van der Waals surface area (Å²) in [5.74, 6) is 0. The molecule has 0 aliphatic carbocycles. The van der Waals surface area contributed by atoms with E-state index in [0.717, 1.165) is 32.5 Å². The molecule has 0 amide bonds. The number of rotatable bonds is 5. The minimum atomic E-state index is 0.118. The maximum absolute atomic E-state index is 6.06. The van der Waals surface area contributed by atoms with Gasteiger partial charge in [-0.2, -0.15) is 0 Å². The van der Waals surface area contributed by atoms with Crippen molar-refractivity contribution in [3.8, 4) is 0 Å². The van der Waals surface area contributed by atoms with E-state index < -0.39 is 0 Å². The predicted molar refractivity (Wildman–Crippen MR) is 72.2 cm³/mol. The molecular formula is C13H29N3O. The monoisotopic (exact) mass is 243 g/mol. The van der Waals surface area contributed by atoms with Crippen LogP contribution in [0.1, 0.15) is 26.7 Å². The van der Waals surface area contributed by atoms with Gasteiger partial charge in [-0.1, -0.05) is 0 Å². The van der Waals surface area contributed by atoms with Crippen molar-refractivity contribution < 1.29 is 4.74 Å². The Morgan fingerprint density at radius 1 is 1.12 bits per heavy atom. The number of nitrogens with zero attached hydrogens (tertiary/aromatic N) is 2. The highest BCUT2D eigenvalue weighted by atomic mass is 16.5. The molecule has 2 atom stereocenters. The van der Waals surface area contributed by atoms with Crippen molar-refractivity contribution in [1.82, 2.24) is 9.80 Å². The number of ether oxygens (including phenoxy) is 1. The second kappa shape index (κ2) is 6.14. The molecule has 0 saturated carbocycles. The predicted octanol–water partition coefficient (Wildman–Crippen LogP) is 0.765. The average molecular weight is 243 g/mol. The Hall–Kier alpha value is -0.160.